The summed E-state index contributed by atoms with van der Waals surface area (Å²) in [6, 6.07) is 5.36. The molecule has 0 heterocycles. The van der Waals surface area contributed by atoms with E-state index in [0.717, 1.165) is 25.7 Å². The van der Waals surface area contributed by atoms with Crippen LogP contribution in [-0.2, 0) is 4.79 Å². The van der Waals surface area contributed by atoms with Crippen LogP contribution >= 0.6 is 0 Å². The summed E-state index contributed by atoms with van der Waals surface area (Å²) >= 11 is 0. The zero-order valence-corrected chi connectivity index (χ0v) is 10.6. The number of aliphatic carboxylic acids is 1. The second kappa shape index (κ2) is 7.41. The van der Waals surface area contributed by atoms with Gasteiger partial charge in [0.25, 0.3) is 0 Å². The smallest absolute Gasteiger partial charge is 0.335 e. The Morgan fingerprint density at radius 1 is 0.947 bits per heavy atom. The summed E-state index contributed by atoms with van der Waals surface area (Å²) in [5.41, 5.74) is 0.179. The van der Waals surface area contributed by atoms with Gasteiger partial charge in [0.15, 0.2) is 0 Å². The van der Waals surface area contributed by atoms with Crippen molar-refractivity contribution in [3.05, 3.63) is 29.8 Å². The van der Waals surface area contributed by atoms with Crippen LogP contribution in [-0.4, -0.2) is 27.3 Å². The Morgan fingerprint density at radius 3 is 1.84 bits per heavy atom. The summed E-state index contributed by atoms with van der Waals surface area (Å²) in [7, 11) is 0. The first-order chi connectivity index (χ1) is 9.00. The van der Waals surface area contributed by atoms with Crippen LogP contribution in [0.15, 0.2) is 24.3 Å². The molecule has 1 aromatic carbocycles. The van der Waals surface area contributed by atoms with Crippen molar-refractivity contribution in [1.29, 1.82) is 0 Å². The van der Waals surface area contributed by atoms with Gasteiger partial charge in [-0.3, -0.25) is 4.79 Å². The molecule has 1 aliphatic carbocycles. The number of aromatic hydroxyl groups is 1. The highest BCUT2D eigenvalue weighted by Gasteiger charge is 2.19. The molecule has 1 saturated carbocycles. The van der Waals surface area contributed by atoms with Crippen molar-refractivity contribution in [1.82, 2.24) is 0 Å². The second-order valence-corrected chi connectivity index (χ2v) is 4.53. The number of phenolic OH excluding ortho intramolecular Hbond substituents is 1. The van der Waals surface area contributed by atoms with Crippen LogP contribution < -0.4 is 0 Å². The van der Waals surface area contributed by atoms with E-state index < -0.39 is 11.9 Å². The molecule has 1 aromatic rings. The number of hydrogen-bond donors (Lipinski definition) is 3. The molecular weight excluding hydrogens is 248 g/mol. The standard InChI is InChI=1S/C7H6O3.C7H12O2/c8-6-3-1-5(2-4-6)7(9)10;8-7(9)6-4-2-1-3-5-6/h1-4,8H,(H,9,10);6H,1-5H2,(H,8,9). The molecule has 19 heavy (non-hydrogen) atoms. The summed E-state index contributed by atoms with van der Waals surface area (Å²) < 4.78 is 0. The molecule has 5 heteroatoms. The average molecular weight is 266 g/mol. The lowest BCUT2D eigenvalue weighted by Crippen LogP contribution is -2.16. The molecule has 2 rings (SSSR count). The topological polar surface area (TPSA) is 94.8 Å². The zero-order chi connectivity index (χ0) is 14.3. The molecule has 5 nitrogen and oxygen atoms in total. The molecule has 0 saturated heterocycles. The normalized spacial score (nSPS) is 15.2. The van der Waals surface area contributed by atoms with Gasteiger partial charge >= 0.3 is 11.9 Å². The maximum atomic E-state index is 10.4. The molecule has 3 N–H and O–H groups in total. The average Bonchev–Trinajstić information content (AvgIpc) is 2.41. The molecule has 0 radical (unpaired) electrons. The summed E-state index contributed by atoms with van der Waals surface area (Å²) in [5.74, 6) is -1.54. The van der Waals surface area contributed by atoms with E-state index in [2.05, 4.69) is 0 Å². The minimum atomic E-state index is -0.986. The first-order valence-electron chi connectivity index (χ1n) is 6.26. The predicted molar refractivity (Wildman–Crippen MR) is 69.3 cm³/mol. The number of carboxylic acid groups (broad SMARTS) is 2. The van der Waals surface area contributed by atoms with Crippen LogP contribution in [0.4, 0.5) is 0 Å². The number of carboxylic acids is 2. The number of hydrogen-bond acceptors (Lipinski definition) is 3. The van der Waals surface area contributed by atoms with Crippen LogP contribution in [0, 0.1) is 5.92 Å². The Kier molecular flexibility index (Phi) is 5.85. The highest BCUT2D eigenvalue weighted by atomic mass is 16.4. The van der Waals surface area contributed by atoms with E-state index in [0.29, 0.717) is 0 Å². The zero-order valence-electron chi connectivity index (χ0n) is 10.6. The molecule has 0 aliphatic heterocycles. The molecule has 0 spiro atoms. The predicted octanol–water partition coefficient (Wildman–Crippen LogP) is 2.74. The quantitative estimate of drug-likeness (QED) is 0.765. The third-order valence-electron chi connectivity index (χ3n) is 3.07. The minimum absolute atomic E-state index is 0.0289. The summed E-state index contributed by atoms with van der Waals surface area (Å²) in [6.45, 7) is 0. The van der Waals surface area contributed by atoms with Gasteiger partial charge in [0.2, 0.25) is 0 Å². The van der Waals surface area contributed by atoms with Crippen molar-refractivity contribution in [2.24, 2.45) is 5.92 Å². The van der Waals surface area contributed by atoms with Crippen LogP contribution in [0.2, 0.25) is 0 Å². The van der Waals surface area contributed by atoms with Gasteiger partial charge in [-0.15, -0.1) is 0 Å². The van der Waals surface area contributed by atoms with Gasteiger partial charge in [-0.05, 0) is 37.1 Å². The van der Waals surface area contributed by atoms with Crippen LogP contribution in [0.1, 0.15) is 42.5 Å². The number of benzene rings is 1. The van der Waals surface area contributed by atoms with Crippen molar-refractivity contribution in [2.45, 2.75) is 32.1 Å². The Morgan fingerprint density at radius 2 is 1.47 bits per heavy atom. The lowest BCUT2D eigenvalue weighted by Gasteiger charge is -2.16. The Bertz CT molecular complexity index is 418. The van der Waals surface area contributed by atoms with E-state index in [1.54, 1.807) is 0 Å². The number of phenols is 1. The van der Waals surface area contributed by atoms with Gasteiger partial charge in [0, 0.05) is 0 Å². The fourth-order valence-corrected chi connectivity index (χ4v) is 1.95. The third-order valence-corrected chi connectivity index (χ3v) is 3.07. The van der Waals surface area contributed by atoms with Crippen molar-refractivity contribution in [3.8, 4) is 5.75 Å². The first kappa shape index (κ1) is 15.0. The van der Waals surface area contributed by atoms with Gasteiger partial charge < -0.3 is 15.3 Å². The van der Waals surface area contributed by atoms with E-state index in [1.807, 2.05) is 0 Å². The molecule has 0 bridgehead atoms. The van der Waals surface area contributed by atoms with Crippen LogP contribution in [0.25, 0.3) is 0 Å². The Balaban J connectivity index is 0.000000191. The van der Waals surface area contributed by atoms with Gasteiger partial charge in [-0.25, -0.2) is 4.79 Å². The SMILES string of the molecule is O=C(O)C1CCCCC1.O=C(O)c1ccc(O)cc1. The molecule has 104 valence electrons. The molecule has 0 atom stereocenters. The van der Waals surface area contributed by atoms with E-state index in [-0.39, 0.29) is 17.2 Å². The van der Waals surface area contributed by atoms with E-state index in [1.165, 1.54) is 30.7 Å². The molecule has 1 aliphatic rings. The van der Waals surface area contributed by atoms with Crippen molar-refractivity contribution in [2.75, 3.05) is 0 Å². The van der Waals surface area contributed by atoms with Gasteiger partial charge in [-0.1, -0.05) is 19.3 Å². The van der Waals surface area contributed by atoms with Crippen molar-refractivity contribution in [3.63, 3.8) is 0 Å². The lowest BCUT2D eigenvalue weighted by molar-refractivity contribution is -0.142. The molecular formula is C14H18O5. The van der Waals surface area contributed by atoms with Crippen LogP contribution in [0.5, 0.6) is 5.75 Å². The third kappa shape index (κ3) is 5.42. The summed E-state index contributed by atoms with van der Waals surface area (Å²) in [5, 5.41) is 25.7. The van der Waals surface area contributed by atoms with Crippen molar-refractivity contribution < 1.29 is 24.9 Å². The Hall–Kier alpha value is -2.04. The largest absolute Gasteiger partial charge is 0.508 e. The highest BCUT2D eigenvalue weighted by molar-refractivity contribution is 5.87. The summed E-state index contributed by atoms with van der Waals surface area (Å²) in [6.07, 6.45) is 5.24. The van der Waals surface area contributed by atoms with Gasteiger partial charge in [0.1, 0.15) is 5.75 Å². The molecule has 0 amide bonds. The fraction of sp³-hybridized carbons (Fsp3) is 0.429. The Labute approximate surface area is 111 Å². The lowest BCUT2D eigenvalue weighted by atomic mass is 9.90. The first-order valence-corrected chi connectivity index (χ1v) is 6.26. The summed E-state index contributed by atoms with van der Waals surface area (Å²) in [4.78, 5) is 20.6. The van der Waals surface area contributed by atoms with Gasteiger partial charge in [0.05, 0.1) is 11.5 Å². The minimum Gasteiger partial charge on any atom is -0.508 e. The van der Waals surface area contributed by atoms with Crippen molar-refractivity contribution >= 4 is 11.9 Å². The number of rotatable bonds is 2. The molecule has 0 unspecified atom stereocenters. The van der Waals surface area contributed by atoms with Crippen LogP contribution in [0.3, 0.4) is 0 Å². The van der Waals surface area contributed by atoms with E-state index in [9.17, 15) is 9.59 Å². The van der Waals surface area contributed by atoms with E-state index in [4.69, 9.17) is 15.3 Å². The monoisotopic (exact) mass is 266 g/mol. The van der Waals surface area contributed by atoms with E-state index >= 15 is 0 Å². The maximum absolute atomic E-state index is 10.4. The molecule has 0 aromatic heterocycles. The fourth-order valence-electron chi connectivity index (χ4n) is 1.95. The van der Waals surface area contributed by atoms with Gasteiger partial charge in [-0.2, -0.15) is 0 Å². The maximum Gasteiger partial charge on any atom is 0.335 e. The number of aromatic carboxylic acids is 1. The highest BCUT2D eigenvalue weighted by Crippen LogP contribution is 2.23. The molecule has 1 fully saturated rings. The second-order valence-electron chi connectivity index (χ2n) is 4.53. The number of carbonyl (C=O) groups is 2.